The van der Waals surface area contributed by atoms with Crippen molar-refractivity contribution in [3.8, 4) is 0 Å². The fourth-order valence-electron chi connectivity index (χ4n) is 5.83. The molecule has 4 fully saturated rings. The Balaban J connectivity index is 1.26. The van der Waals surface area contributed by atoms with Crippen LogP contribution in [0.2, 0.25) is 0 Å². The third-order valence-corrected chi connectivity index (χ3v) is 7.38. The van der Waals surface area contributed by atoms with Crippen molar-refractivity contribution < 1.29 is 19.1 Å². The lowest BCUT2D eigenvalue weighted by atomic mass is 9.82. The number of rotatable bonds is 2. The molecule has 0 spiro atoms. The van der Waals surface area contributed by atoms with Gasteiger partial charge in [-0.25, -0.2) is 9.59 Å². The van der Waals surface area contributed by atoms with Crippen LogP contribution in [0.4, 0.5) is 9.59 Å². The van der Waals surface area contributed by atoms with Crippen molar-refractivity contribution in [2.75, 3.05) is 32.8 Å². The van der Waals surface area contributed by atoms with Gasteiger partial charge in [-0.15, -0.1) is 0 Å². The van der Waals surface area contributed by atoms with E-state index in [1.165, 1.54) is 19.3 Å². The molecule has 0 radical (unpaired) electrons. The zero-order valence-corrected chi connectivity index (χ0v) is 19.0. The monoisotopic (exact) mass is 421 g/mol. The summed E-state index contributed by atoms with van der Waals surface area (Å²) >= 11 is 0. The van der Waals surface area contributed by atoms with Crippen molar-refractivity contribution in [1.29, 1.82) is 0 Å². The summed E-state index contributed by atoms with van der Waals surface area (Å²) in [6, 6.07) is 1.25. The molecule has 1 aliphatic carbocycles. The van der Waals surface area contributed by atoms with E-state index in [9.17, 15) is 9.59 Å². The number of carbonyl (C=O) groups excluding carboxylic acids is 2. The quantitative estimate of drug-likeness (QED) is 0.677. The maximum absolute atomic E-state index is 12.6. The topological polar surface area (TPSA) is 62.3 Å². The van der Waals surface area contributed by atoms with Gasteiger partial charge in [0, 0.05) is 50.2 Å². The molecule has 3 heterocycles. The van der Waals surface area contributed by atoms with E-state index in [-0.39, 0.29) is 12.2 Å². The minimum Gasteiger partial charge on any atom is -0.449 e. The predicted molar refractivity (Wildman–Crippen MR) is 114 cm³/mol. The SMILES string of the molecule is CC(C)(C)OC(=O)N1CCC(N2CCC(N3C(=O)OC[C@H]4CCCC[C@@H]43)CC2)CC1. The van der Waals surface area contributed by atoms with Crippen LogP contribution in [0.25, 0.3) is 0 Å². The number of piperidine rings is 2. The number of ether oxygens (including phenoxy) is 2. The number of nitrogens with zero attached hydrogens (tertiary/aromatic N) is 3. The van der Waals surface area contributed by atoms with E-state index >= 15 is 0 Å². The van der Waals surface area contributed by atoms with Gasteiger partial charge in [0.25, 0.3) is 0 Å². The van der Waals surface area contributed by atoms with Gasteiger partial charge in [-0.3, -0.25) is 0 Å². The Kier molecular flexibility index (Phi) is 6.47. The summed E-state index contributed by atoms with van der Waals surface area (Å²) in [7, 11) is 0. The summed E-state index contributed by atoms with van der Waals surface area (Å²) < 4.78 is 11.1. The minimum absolute atomic E-state index is 0.0812. The Morgan fingerprint density at radius 3 is 2.23 bits per heavy atom. The van der Waals surface area contributed by atoms with Gasteiger partial charge in [-0.1, -0.05) is 12.8 Å². The second kappa shape index (κ2) is 8.93. The van der Waals surface area contributed by atoms with E-state index in [2.05, 4.69) is 9.80 Å². The average molecular weight is 422 g/mol. The second-order valence-electron chi connectivity index (χ2n) is 10.6. The highest BCUT2D eigenvalue weighted by molar-refractivity contribution is 5.69. The van der Waals surface area contributed by atoms with Crippen LogP contribution < -0.4 is 0 Å². The molecule has 7 nitrogen and oxygen atoms in total. The summed E-state index contributed by atoms with van der Waals surface area (Å²) in [5.41, 5.74) is -0.442. The number of amides is 2. The van der Waals surface area contributed by atoms with Crippen LogP contribution in [-0.2, 0) is 9.47 Å². The van der Waals surface area contributed by atoms with E-state index in [1.807, 2.05) is 25.7 Å². The molecule has 4 rings (SSSR count). The molecule has 170 valence electrons. The van der Waals surface area contributed by atoms with Gasteiger partial charge in [-0.05, 0) is 59.3 Å². The zero-order chi connectivity index (χ0) is 21.3. The predicted octanol–water partition coefficient (Wildman–Crippen LogP) is 3.86. The van der Waals surface area contributed by atoms with Gasteiger partial charge in [0.2, 0.25) is 0 Å². The molecule has 30 heavy (non-hydrogen) atoms. The molecule has 0 bridgehead atoms. The fourth-order valence-corrected chi connectivity index (χ4v) is 5.83. The summed E-state index contributed by atoms with van der Waals surface area (Å²) in [6.07, 6.45) is 8.64. The molecule has 0 unspecified atom stereocenters. The molecule has 0 aromatic rings. The van der Waals surface area contributed by atoms with E-state index in [0.29, 0.717) is 30.7 Å². The summed E-state index contributed by atoms with van der Waals surface area (Å²) in [4.78, 5) is 31.4. The third-order valence-electron chi connectivity index (χ3n) is 7.38. The number of cyclic esters (lactones) is 1. The molecule has 0 N–H and O–H groups in total. The van der Waals surface area contributed by atoms with Crippen molar-refractivity contribution >= 4 is 12.2 Å². The van der Waals surface area contributed by atoms with Gasteiger partial charge in [-0.2, -0.15) is 0 Å². The highest BCUT2D eigenvalue weighted by Gasteiger charge is 2.43. The number of hydrogen-bond donors (Lipinski definition) is 0. The summed E-state index contributed by atoms with van der Waals surface area (Å²) in [5.74, 6) is 0.534. The lowest BCUT2D eigenvalue weighted by Crippen LogP contribution is -2.59. The van der Waals surface area contributed by atoms with E-state index in [0.717, 1.165) is 58.3 Å². The molecule has 4 aliphatic rings. The molecular formula is C23H39N3O4. The smallest absolute Gasteiger partial charge is 0.410 e. The number of hydrogen-bond acceptors (Lipinski definition) is 5. The average Bonchev–Trinajstić information content (AvgIpc) is 2.73. The lowest BCUT2D eigenvalue weighted by Gasteiger charge is -2.49. The van der Waals surface area contributed by atoms with E-state index < -0.39 is 5.60 Å². The van der Waals surface area contributed by atoms with Crippen LogP contribution in [0, 0.1) is 5.92 Å². The fraction of sp³-hybridized carbons (Fsp3) is 0.913. The largest absolute Gasteiger partial charge is 0.449 e. The maximum Gasteiger partial charge on any atom is 0.410 e. The Morgan fingerprint density at radius 1 is 0.933 bits per heavy atom. The van der Waals surface area contributed by atoms with Crippen molar-refractivity contribution in [3.05, 3.63) is 0 Å². The molecule has 2 amide bonds. The summed E-state index contributed by atoms with van der Waals surface area (Å²) in [6.45, 7) is 9.95. The molecule has 7 heteroatoms. The number of carbonyl (C=O) groups is 2. The van der Waals surface area contributed by atoms with Crippen molar-refractivity contribution in [1.82, 2.24) is 14.7 Å². The first-order valence-electron chi connectivity index (χ1n) is 12.0. The molecule has 3 aliphatic heterocycles. The Bertz CT molecular complexity index is 618. The third kappa shape index (κ3) is 4.87. The molecule has 3 saturated heterocycles. The van der Waals surface area contributed by atoms with Crippen molar-refractivity contribution in [2.24, 2.45) is 5.92 Å². The first-order valence-corrected chi connectivity index (χ1v) is 12.0. The normalized spacial score (nSPS) is 30.0. The highest BCUT2D eigenvalue weighted by atomic mass is 16.6. The number of likely N-dealkylation sites (tertiary alicyclic amines) is 2. The van der Waals surface area contributed by atoms with E-state index in [1.54, 1.807) is 0 Å². The van der Waals surface area contributed by atoms with E-state index in [4.69, 9.17) is 9.47 Å². The first kappa shape index (κ1) is 21.7. The summed E-state index contributed by atoms with van der Waals surface area (Å²) in [5, 5.41) is 0. The molecule has 0 aromatic carbocycles. The van der Waals surface area contributed by atoms with Crippen molar-refractivity contribution in [2.45, 2.75) is 95.9 Å². The maximum atomic E-state index is 12.6. The Morgan fingerprint density at radius 2 is 1.57 bits per heavy atom. The van der Waals surface area contributed by atoms with Crippen molar-refractivity contribution in [3.63, 3.8) is 0 Å². The van der Waals surface area contributed by atoms with Gasteiger partial charge < -0.3 is 24.2 Å². The van der Waals surface area contributed by atoms with Gasteiger partial charge in [0.05, 0.1) is 6.61 Å². The van der Waals surface area contributed by atoms with Crippen LogP contribution in [-0.4, -0.2) is 83.4 Å². The minimum atomic E-state index is -0.442. The van der Waals surface area contributed by atoms with Crippen LogP contribution in [0.3, 0.4) is 0 Å². The Hall–Kier alpha value is -1.50. The van der Waals surface area contributed by atoms with Gasteiger partial charge in [0.1, 0.15) is 5.60 Å². The lowest BCUT2D eigenvalue weighted by molar-refractivity contribution is -0.0411. The van der Waals surface area contributed by atoms with Gasteiger partial charge in [0.15, 0.2) is 0 Å². The van der Waals surface area contributed by atoms with Crippen LogP contribution >= 0.6 is 0 Å². The Labute approximate surface area is 181 Å². The van der Waals surface area contributed by atoms with Crippen LogP contribution in [0.15, 0.2) is 0 Å². The molecule has 1 saturated carbocycles. The first-order chi connectivity index (χ1) is 14.3. The van der Waals surface area contributed by atoms with Crippen LogP contribution in [0.1, 0.15) is 72.1 Å². The standard InChI is InChI=1S/C23H39N3O4/c1-23(2,3)30-21(27)25-14-8-18(9-15-25)24-12-10-19(11-13-24)26-20-7-5-4-6-17(20)16-29-22(26)28/h17-20H,4-16H2,1-3H3/t17-,20+/m1/s1. The molecular weight excluding hydrogens is 382 g/mol. The molecule has 2 atom stereocenters. The zero-order valence-electron chi connectivity index (χ0n) is 19.0. The second-order valence-corrected chi connectivity index (χ2v) is 10.6. The number of fused-ring (bicyclic) bond motifs is 1. The molecule has 0 aromatic heterocycles. The highest BCUT2D eigenvalue weighted by Crippen LogP contribution is 2.36. The van der Waals surface area contributed by atoms with Crippen LogP contribution in [0.5, 0.6) is 0 Å². The van der Waals surface area contributed by atoms with Gasteiger partial charge >= 0.3 is 12.2 Å².